The van der Waals surface area contributed by atoms with Crippen molar-refractivity contribution < 1.29 is 14.1 Å². The van der Waals surface area contributed by atoms with Gasteiger partial charge in [0.1, 0.15) is 12.2 Å². The van der Waals surface area contributed by atoms with Crippen molar-refractivity contribution in [2.24, 2.45) is 0 Å². The number of nitrogens with zero attached hydrogens (tertiary/aromatic N) is 5. The topological polar surface area (TPSA) is 92.4 Å². The molecule has 0 saturated carbocycles. The highest BCUT2D eigenvalue weighted by Gasteiger charge is 2.24. The Bertz CT molecular complexity index is 1040. The highest BCUT2D eigenvalue weighted by Crippen LogP contribution is 2.19. The SMILES string of the molecule is Cc1ccc(N(CC(=O)N2CCCCC2)C(=O)CCc2nc(-c3ccccn3)no2)cc1. The van der Waals surface area contributed by atoms with Gasteiger partial charge in [-0.2, -0.15) is 4.98 Å². The number of aromatic nitrogens is 3. The maximum Gasteiger partial charge on any atom is 0.242 e. The molecular formula is C24H27N5O3. The lowest BCUT2D eigenvalue weighted by Gasteiger charge is -2.30. The number of anilines is 1. The van der Waals surface area contributed by atoms with Gasteiger partial charge in [0.2, 0.25) is 23.5 Å². The Morgan fingerprint density at radius 2 is 1.84 bits per heavy atom. The molecule has 3 heterocycles. The van der Waals surface area contributed by atoms with E-state index in [1.165, 1.54) is 0 Å². The van der Waals surface area contributed by atoms with Crippen molar-refractivity contribution in [1.29, 1.82) is 0 Å². The molecule has 8 heteroatoms. The third-order valence-electron chi connectivity index (χ3n) is 5.56. The molecule has 1 aliphatic rings. The van der Waals surface area contributed by atoms with Crippen LogP contribution in [0.2, 0.25) is 0 Å². The number of aryl methyl sites for hydroxylation is 2. The zero-order valence-corrected chi connectivity index (χ0v) is 18.2. The maximum absolute atomic E-state index is 13.1. The minimum absolute atomic E-state index is 0.0196. The quantitative estimate of drug-likeness (QED) is 0.567. The number of benzene rings is 1. The van der Waals surface area contributed by atoms with Gasteiger partial charge in [0.25, 0.3) is 0 Å². The van der Waals surface area contributed by atoms with Crippen LogP contribution in [0.5, 0.6) is 0 Å². The van der Waals surface area contributed by atoms with Crippen molar-refractivity contribution in [3.63, 3.8) is 0 Å². The van der Waals surface area contributed by atoms with Crippen molar-refractivity contribution in [1.82, 2.24) is 20.0 Å². The van der Waals surface area contributed by atoms with Gasteiger partial charge in [-0.05, 0) is 50.5 Å². The average Bonchev–Trinajstić information content (AvgIpc) is 3.32. The molecule has 0 unspecified atom stereocenters. The summed E-state index contributed by atoms with van der Waals surface area (Å²) in [6, 6.07) is 13.1. The first-order valence-corrected chi connectivity index (χ1v) is 11.0. The van der Waals surface area contributed by atoms with Crippen LogP contribution in [-0.2, 0) is 16.0 Å². The van der Waals surface area contributed by atoms with Crippen molar-refractivity contribution in [3.8, 4) is 11.5 Å². The molecule has 1 aliphatic heterocycles. The monoisotopic (exact) mass is 433 g/mol. The highest BCUT2D eigenvalue weighted by molar-refractivity contribution is 5.98. The number of hydrogen-bond donors (Lipinski definition) is 0. The molecule has 0 aliphatic carbocycles. The zero-order valence-electron chi connectivity index (χ0n) is 18.2. The van der Waals surface area contributed by atoms with Crippen molar-refractivity contribution >= 4 is 17.5 Å². The Morgan fingerprint density at radius 3 is 2.56 bits per heavy atom. The predicted octanol–water partition coefficient (Wildman–Crippen LogP) is 3.42. The summed E-state index contributed by atoms with van der Waals surface area (Å²) >= 11 is 0. The first-order chi connectivity index (χ1) is 15.6. The average molecular weight is 434 g/mol. The first kappa shape index (κ1) is 21.7. The van der Waals surface area contributed by atoms with Crippen molar-refractivity contribution in [3.05, 3.63) is 60.1 Å². The van der Waals surface area contributed by atoms with Gasteiger partial charge in [-0.1, -0.05) is 28.9 Å². The summed E-state index contributed by atoms with van der Waals surface area (Å²) in [7, 11) is 0. The lowest BCUT2D eigenvalue weighted by atomic mass is 10.1. The second-order valence-electron chi connectivity index (χ2n) is 7.98. The summed E-state index contributed by atoms with van der Waals surface area (Å²) in [5.41, 5.74) is 2.42. The van der Waals surface area contributed by atoms with Gasteiger partial charge in [0.05, 0.1) is 0 Å². The molecule has 2 aromatic heterocycles. The largest absolute Gasteiger partial charge is 0.341 e. The molecule has 0 spiro atoms. The van der Waals surface area contributed by atoms with Crippen LogP contribution in [0.4, 0.5) is 5.69 Å². The van der Waals surface area contributed by atoms with E-state index < -0.39 is 0 Å². The first-order valence-electron chi connectivity index (χ1n) is 11.0. The summed E-state index contributed by atoms with van der Waals surface area (Å²) < 4.78 is 5.30. The van der Waals surface area contributed by atoms with Crippen LogP contribution in [0.1, 0.15) is 37.1 Å². The molecule has 0 N–H and O–H groups in total. The van der Waals surface area contributed by atoms with Gasteiger partial charge in [-0.3, -0.25) is 14.6 Å². The van der Waals surface area contributed by atoms with E-state index in [1.54, 1.807) is 17.2 Å². The summed E-state index contributed by atoms with van der Waals surface area (Å²) in [4.78, 5) is 38.0. The Hall–Kier alpha value is -3.55. The number of carbonyl (C=O) groups is 2. The van der Waals surface area contributed by atoms with E-state index in [0.717, 1.165) is 37.9 Å². The van der Waals surface area contributed by atoms with Crippen LogP contribution >= 0.6 is 0 Å². The van der Waals surface area contributed by atoms with Gasteiger partial charge < -0.3 is 14.3 Å². The molecule has 1 aromatic carbocycles. The minimum Gasteiger partial charge on any atom is -0.341 e. The third-order valence-corrected chi connectivity index (χ3v) is 5.56. The number of likely N-dealkylation sites (tertiary alicyclic amines) is 1. The van der Waals surface area contributed by atoms with Crippen LogP contribution in [0.25, 0.3) is 11.5 Å². The van der Waals surface area contributed by atoms with E-state index >= 15 is 0 Å². The van der Waals surface area contributed by atoms with E-state index in [9.17, 15) is 9.59 Å². The second-order valence-corrected chi connectivity index (χ2v) is 7.98. The Balaban J connectivity index is 1.44. The van der Waals surface area contributed by atoms with Gasteiger partial charge in [-0.15, -0.1) is 0 Å². The number of rotatable bonds is 7. The Morgan fingerprint density at radius 1 is 1.06 bits per heavy atom. The van der Waals surface area contributed by atoms with Crippen LogP contribution in [0, 0.1) is 6.92 Å². The molecule has 2 amide bonds. The standard InChI is InChI=1S/C24H27N5O3/c1-18-8-10-19(11-9-18)29(17-23(31)28-15-5-2-6-16-28)22(30)13-12-21-26-24(27-32-21)20-7-3-4-14-25-20/h3-4,7-11,14H,2,5-6,12-13,15-17H2,1H3. The summed E-state index contributed by atoms with van der Waals surface area (Å²) in [6.45, 7) is 3.54. The van der Waals surface area contributed by atoms with Crippen molar-refractivity contribution in [2.75, 3.05) is 24.5 Å². The molecule has 3 aromatic rings. The fraction of sp³-hybridized carbons (Fsp3) is 0.375. The number of carbonyl (C=O) groups excluding carboxylic acids is 2. The van der Waals surface area contributed by atoms with E-state index in [4.69, 9.17) is 4.52 Å². The number of amides is 2. The fourth-order valence-electron chi connectivity index (χ4n) is 3.73. The van der Waals surface area contributed by atoms with E-state index in [2.05, 4.69) is 15.1 Å². The lowest BCUT2D eigenvalue weighted by Crippen LogP contribution is -2.45. The molecule has 0 bridgehead atoms. The Kier molecular flexibility index (Phi) is 6.89. The van der Waals surface area contributed by atoms with Crippen molar-refractivity contribution in [2.45, 2.75) is 39.0 Å². The smallest absolute Gasteiger partial charge is 0.242 e. The zero-order chi connectivity index (χ0) is 22.3. The van der Waals surface area contributed by atoms with Gasteiger partial charge in [-0.25, -0.2) is 0 Å². The molecule has 1 fully saturated rings. The van der Waals surface area contributed by atoms with Crippen LogP contribution in [0.3, 0.4) is 0 Å². The molecular weight excluding hydrogens is 406 g/mol. The molecule has 8 nitrogen and oxygen atoms in total. The molecule has 4 rings (SSSR count). The summed E-state index contributed by atoms with van der Waals surface area (Å²) in [6.07, 6.45) is 5.28. The molecule has 32 heavy (non-hydrogen) atoms. The lowest BCUT2D eigenvalue weighted by molar-refractivity contribution is -0.132. The summed E-state index contributed by atoms with van der Waals surface area (Å²) in [5.74, 6) is 0.583. The van der Waals surface area contributed by atoms with E-state index in [-0.39, 0.29) is 24.8 Å². The predicted molar refractivity (Wildman–Crippen MR) is 120 cm³/mol. The van der Waals surface area contributed by atoms with Crippen LogP contribution in [0.15, 0.2) is 53.2 Å². The maximum atomic E-state index is 13.1. The molecule has 0 radical (unpaired) electrons. The third kappa shape index (κ3) is 5.38. The summed E-state index contributed by atoms with van der Waals surface area (Å²) in [5, 5.41) is 3.95. The normalized spacial score (nSPS) is 13.7. The van der Waals surface area contributed by atoms with Gasteiger partial charge in [0, 0.05) is 37.8 Å². The van der Waals surface area contributed by atoms with E-state index in [0.29, 0.717) is 29.5 Å². The fourth-order valence-corrected chi connectivity index (χ4v) is 3.73. The van der Waals surface area contributed by atoms with E-state index in [1.807, 2.05) is 48.2 Å². The number of hydrogen-bond acceptors (Lipinski definition) is 6. The highest BCUT2D eigenvalue weighted by atomic mass is 16.5. The Labute approximate surface area is 187 Å². The van der Waals surface area contributed by atoms with Crippen LogP contribution in [-0.4, -0.2) is 51.5 Å². The molecule has 0 atom stereocenters. The molecule has 1 saturated heterocycles. The number of pyridine rings is 1. The second kappa shape index (κ2) is 10.2. The molecule has 166 valence electrons. The van der Waals surface area contributed by atoms with Gasteiger partial charge in [0.15, 0.2) is 0 Å². The minimum atomic E-state index is -0.156. The number of piperidine rings is 1. The van der Waals surface area contributed by atoms with Crippen LogP contribution < -0.4 is 4.90 Å². The van der Waals surface area contributed by atoms with Gasteiger partial charge >= 0.3 is 0 Å².